The van der Waals surface area contributed by atoms with Gasteiger partial charge in [0.1, 0.15) is 34.5 Å². The number of aromatic nitrogens is 4. The summed E-state index contributed by atoms with van der Waals surface area (Å²) >= 11 is 0. The lowest BCUT2D eigenvalue weighted by molar-refractivity contribution is -0.127. The Labute approximate surface area is 220 Å². The number of benzene rings is 1. The molecule has 0 saturated carbocycles. The summed E-state index contributed by atoms with van der Waals surface area (Å²) < 4.78 is 43.0. The molecule has 0 spiro atoms. The Morgan fingerprint density at radius 1 is 1.15 bits per heavy atom. The number of nitrogens with zero attached hydrogens (tertiary/aromatic N) is 5. The molecule has 198 valence electrons. The van der Waals surface area contributed by atoms with Crippen molar-refractivity contribution in [2.24, 2.45) is 0 Å². The Balaban J connectivity index is 1.33. The van der Waals surface area contributed by atoms with E-state index in [1.165, 1.54) is 18.2 Å². The molecule has 1 atom stereocenters. The lowest BCUT2D eigenvalue weighted by Crippen LogP contribution is -2.34. The number of allylic oxidation sites excluding steroid dienone is 1. The zero-order chi connectivity index (χ0) is 27.3. The van der Waals surface area contributed by atoms with E-state index in [4.69, 9.17) is 10.7 Å². The van der Waals surface area contributed by atoms with Crippen LogP contribution in [0.4, 0.5) is 24.8 Å². The van der Waals surface area contributed by atoms with Crippen LogP contribution in [0.3, 0.4) is 0 Å². The maximum absolute atomic E-state index is 15.2. The Hall–Kier alpha value is -4.74. The third-order valence-electron chi connectivity index (χ3n) is 7.05. The van der Waals surface area contributed by atoms with Crippen LogP contribution in [0.15, 0.2) is 60.7 Å². The highest BCUT2D eigenvalue weighted by Crippen LogP contribution is 2.38. The van der Waals surface area contributed by atoms with E-state index in [0.29, 0.717) is 35.6 Å². The van der Waals surface area contributed by atoms with E-state index in [9.17, 15) is 18.4 Å². The summed E-state index contributed by atoms with van der Waals surface area (Å²) in [4.78, 5) is 39.7. The van der Waals surface area contributed by atoms with E-state index in [-0.39, 0.29) is 34.6 Å². The number of nitrogens with one attached hydrogen (secondary N) is 1. The number of alkyl halides is 2. The number of imidazole rings is 1. The van der Waals surface area contributed by atoms with Gasteiger partial charge in [-0.2, -0.15) is 0 Å². The molecule has 2 aliphatic heterocycles. The molecule has 0 radical (unpaired) electrons. The Bertz CT molecular complexity index is 1670. The van der Waals surface area contributed by atoms with E-state index in [0.717, 1.165) is 36.9 Å². The first-order valence-corrected chi connectivity index (χ1v) is 12.3. The fourth-order valence-corrected chi connectivity index (χ4v) is 5.14. The van der Waals surface area contributed by atoms with Gasteiger partial charge in [0.05, 0.1) is 5.56 Å². The SMILES string of the molecule is Nc1nccn2c(C3CCC4=CCC(=O)N4C3)nc(-c3ccc(C(=O)Nc4cc(C(F)F)ccn4)c(F)c3)c12. The highest BCUT2D eigenvalue weighted by molar-refractivity contribution is 6.04. The number of amides is 2. The fraction of sp³-hybridized carbons (Fsp3) is 0.222. The molecule has 6 rings (SSSR count). The molecule has 39 heavy (non-hydrogen) atoms. The number of halogens is 3. The maximum Gasteiger partial charge on any atom is 0.264 e. The molecule has 4 aromatic rings. The highest BCUT2D eigenvalue weighted by Gasteiger charge is 2.34. The highest BCUT2D eigenvalue weighted by atomic mass is 19.3. The number of nitrogens with two attached hydrogens (primary N) is 1. The quantitative estimate of drug-likeness (QED) is 0.384. The summed E-state index contributed by atoms with van der Waals surface area (Å²) in [5.41, 5.74) is 7.90. The first-order chi connectivity index (χ1) is 18.8. The number of nitrogen functional groups attached to an aromatic ring is 1. The minimum Gasteiger partial charge on any atom is -0.382 e. The zero-order valence-corrected chi connectivity index (χ0v) is 20.4. The summed E-state index contributed by atoms with van der Waals surface area (Å²) in [6, 6.07) is 6.15. The summed E-state index contributed by atoms with van der Waals surface area (Å²) in [6.07, 6.45) is 5.57. The first kappa shape index (κ1) is 24.6. The third-order valence-corrected chi connectivity index (χ3v) is 7.05. The van der Waals surface area contributed by atoms with Crippen LogP contribution < -0.4 is 11.1 Å². The van der Waals surface area contributed by atoms with Crippen molar-refractivity contribution in [2.75, 3.05) is 17.6 Å². The van der Waals surface area contributed by atoms with Crippen molar-refractivity contribution in [2.45, 2.75) is 31.6 Å². The van der Waals surface area contributed by atoms with Crippen LogP contribution in [-0.2, 0) is 4.79 Å². The van der Waals surface area contributed by atoms with Gasteiger partial charge in [-0.1, -0.05) is 12.1 Å². The van der Waals surface area contributed by atoms with Crippen molar-refractivity contribution in [3.63, 3.8) is 0 Å². The molecule has 5 heterocycles. The van der Waals surface area contributed by atoms with E-state index < -0.39 is 18.1 Å². The second-order valence-electron chi connectivity index (χ2n) is 9.41. The van der Waals surface area contributed by atoms with Gasteiger partial charge in [-0.3, -0.25) is 14.0 Å². The van der Waals surface area contributed by atoms with Gasteiger partial charge in [0, 0.05) is 54.3 Å². The summed E-state index contributed by atoms with van der Waals surface area (Å²) in [5, 5.41) is 2.35. The second-order valence-corrected chi connectivity index (χ2v) is 9.41. The topological polar surface area (TPSA) is 119 Å². The summed E-state index contributed by atoms with van der Waals surface area (Å²) in [7, 11) is 0. The Kier molecular flexibility index (Phi) is 6.01. The maximum atomic E-state index is 15.2. The van der Waals surface area contributed by atoms with Crippen molar-refractivity contribution >= 4 is 29.0 Å². The summed E-state index contributed by atoms with van der Waals surface area (Å²) in [5.74, 6) is -0.923. The standard InChI is InChI=1S/C27H22F3N7O2/c28-19-11-14(2-5-18(19)27(39)34-20-12-15(24(29)30)7-8-32-20)22-23-25(31)33-9-10-36(23)26(35-22)16-1-3-17-4-6-21(38)37(17)13-16/h2,4-5,7-12,16,24H,1,3,6,13H2,(H2,31,33)(H,32,34,39). The lowest BCUT2D eigenvalue weighted by atomic mass is 9.96. The molecule has 2 amide bonds. The molecule has 12 heteroatoms. The molecule has 1 fully saturated rings. The number of piperidine rings is 1. The van der Waals surface area contributed by atoms with Crippen molar-refractivity contribution < 1.29 is 22.8 Å². The number of carbonyl (C=O) groups excluding carboxylic acids is 2. The molecule has 0 bridgehead atoms. The van der Waals surface area contributed by atoms with Gasteiger partial charge in [-0.25, -0.2) is 28.1 Å². The van der Waals surface area contributed by atoms with Gasteiger partial charge in [0.2, 0.25) is 5.91 Å². The van der Waals surface area contributed by atoms with Gasteiger partial charge in [0.25, 0.3) is 12.3 Å². The van der Waals surface area contributed by atoms with Gasteiger partial charge in [0.15, 0.2) is 0 Å². The third kappa shape index (κ3) is 4.37. The number of hydrogen-bond donors (Lipinski definition) is 2. The van der Waals surface area contributed by atoms with Crippen molar-refractivity contribution in [3.8, 4) is 11.3 Å². The van der Waals surface area contributed by atoms with E-state index in [2.05, 4.69) is 15.3 Å². The van der Waals surface area contributed by atoms with Crippen molar-refractivity contribution in [3.05, 3.63) is 83.5 Å². The van der Waals surface area contributed by atoms with Crippen LogP contribution in [-0.4, -0.2) is 42.6 Å². The van der Waals surface area contributed by atoms with Gasteiger partial charge in [-0.05, 0) is 37.1 Å². The predicted molar refractivity (Wildman–Crippen MR) is 136 cm³/mol. The number of anilines is 2. The van der Waals surface area contributed by atoms with Gasteiger partial charge < -0.3 is 16.0 Å². The average Bonchev–Trinajstić information content (AvgIpc) is 3.50. The number of hydrogen-bond acceptors (Lipinski definition) is 6. The minimum absolute atomic E-state index is 0.0593. The molecule has 3 aromatic heterocycles. The fourth-order valence-electron chi connectivity index (χ4n) is 5.14. The van der Waals surface area contributed by atoms with Gasteiger partial charge in [-0.15, -0.1) is 0 Å². The molecule has 1 unspecified atom stereocenters. The predicted octanol–water partition coefficient (Wildman–Crippen LogP) is 4.70. The largest absolute Gasteiger partial charge is 0.382 e. The number of carbonyl (C=O) groups is 2. The van der Waals surface area contributed by atoms with Crippen LogP contribution in [0.5, 0.6) is 0 Å². The molecular weight excluding hydrogens is 511 g/mol. The molecule has 2 aliphatic rings. The van der Waals surface area contributed by atoms with Gasteiger partial charge >= 0.3 is 0 Å². The number of pyridine rings is 1. The average molecular weight is 534 g/mol. The van der Waals surface area contributed by atoms with Crippen LogP contribution in [0.2, 0.25) is 0 Å². The van der Waals surface area contributed by atoms with Crippen molar-refractivity contribution in [1.29, 1.82) is 0 Å². The zero-order valence-electron chi connectivity index (χ0n) is 20.4. The normalized spacial score (nSPS) is 17.0. The van der Waals surface area contributed by atoms with Crippen LogP contribution in [0.1, 0.15) is 53.4 Å². The molecule has 9 nitrogen and oxygen atoms in total. The number of fused-ring (bicyclic) bond motifs is 2. The van der Waals surface area contributed by atoms with E-state index in [1.807, 2.05) is 10.5 Å². The molecular formula is C27H22F3N7O2. The molecule has 1 saturated heterocycles. The van der Waals surface area contributed by atoms with E-state index in [1.54, 1.807) is 17.3 Å². The second kappa shape index (κ2) is 9.53. The molecule has 3 N–H and O–H groups in total. The monoisotopic (exact) mass is 533 g/mol. The molecule has 0 aliphatic carbocycles. The van der Waals surface area contributed by atoms with E-state index >= 15 is 4.39 Å². The summed E-state index contributed by atoms with van der Waals surface area (Å²) in [6.45, 7) is 0.486. The van der Waals surface area contributed by atoms with Crippen LogP contribution in [0, 0.1) is 5.82 Å². The molecule has 1 aromatic carbocycles. The van der Waals surface area contributed by atoms with Crippen molar-refractivity contribution in [1.82, 2.24) is 24.3 Å². The van der Waals surface area contributed by atoms with Crippen LogP contribution in [0.25, 0.3) is 16.8 Å². The van der Waals surface area contributed by atoms with Crippen LogP contribution >= 0.6 is 0 Å². The first-order valence-electron chi connectivity index (χ1n) is 12.3. The number of rotatable bonds is 5. The lowest BCUT2D eigenvalue weighted by Gasteiger charge is -2.31. The minimum atomic E-state index is -2.74. The smallest absolute Gasteiger partial charge is 0.264 e. The Morgan fingerprint density at radius 2 is 2.00 bits per heavy atom. The Morgan fingerprint density at radius 3 is 2.79 bits per heavy atom.